The van der Waals surface area contributed by atoms with Crippen LogP contribution in [-0.2, 0) is 18.3 Å². The van der Waals surface area contributed by atoms with Crippen molar-refractivity contribution in [1.29, 1.82) is 0 Å². The fourth-order valence-electron chi connectivity index (χ4n) is 3.94. The van der Waals surface area contributed by atoms with Gasteiger partial charge in [-0.2, -0.15) is 5.10 Å². The number of rotatable bonds is 5. The molecule has 1 aliphatic heterocycles. The van der Waals surface area contributed by atoms with E-state index < -0.39 is 0 Å². The molecule has 2 aromatic rings. The molecule has 3 heterocycles. The van der Waals surface area contributed by atoms with Crippen LogP contribution in [0.15, 0.2) is 24.9 Å². The largest absolute Gasteiger partial charge is 0.379 e. The predicted octanol–water partition coefficient (Wildman–Crippen LogP) is 2.02. The average Bonchev–Trinajstić information content (AvgIpc) is 3.35. The topological polar surface area (TPSA) is 65.2 Å². The molecule has 1 saturated carbocycles. The first-order valence-corrected chi connectivity index (χ1v) is 9.07. The van der Waals surface area contributed by atoms with Gasteiger partial charge in [0, 0.05) is 32.6 Å². The summed E-state index contributed by atoms with van der Waals surface area (Å²) in [6, 6.07) is 0.119. The molecule has 2 aromatic heterocycles. The first-order valence-electron chi connectivity index (χ1n) is 9.07. The fourth-order valence-corrected chi connectivity index (χ4v) is 3.94. The number of amides is 1. The molecule has 1 aliphatic carbocycles. The van der Waals surface area contributed by atoms with E-state index in [1.54, 1.807) is 17.1 Å². The second kappa shape index (κ2) is 7.00. The van der Waals surface area contributed by atoms with Gasteiger partial charge in [-0.05, 0) is 18.8 Å². The van der Waals surface area contributed by atoms with Crippen LogP contribution in [-0.4, -0.2) is 49.9 Å². The quantitative estimate of drug-likeness (QED) is 0.833. The first-order chi connectivity index (χ1) is 12.2. The molecule has 134 valence electrons. The number of fused-ring (bicyclic) bond motifs is 1. The highest BCUT2D eigenvalue weighted by atomic mass is 16.5. The molecule has 7 heteroatoms. The Morgan fingerprint density at radius 2 is 2.12 bits per heavy atom. The van der Waals surface area contributed by atoms with Gasteiger partial charge in [-0.15, -0.1) is 0 Å². The second-order valence-electron chi connectivity index (χ2n) is 7.22. The second-order valence-corrected chi connectivity index (χ2v) is 7.22. The van der Waals surface area contributed by atoms with Gasteiger partial charge in [-0.3, -0.25) is 9.48 Å². The van der Waals surface area contributed by atoms with Crippen LogP contribution in [0.1, 0.15) is 47.8 Å². The van der Waals surface area contributed by atoms with Gasteiger partial charge < -0.3 is 14.2 Å². The summed E-state index contributed by atoms with van der Waals surface area (Å²) in [7, 11) is 1.82. The maximum atomic E-state index is 12.8. The number of hydrogen-bond acceptors (Lipinski definition) is 4. The van der Waals surface area contributed by atoms with E-state index in [9.17, 15) is 4.79 Å². The van der Waals surface area contributed by atoms with Crippen LogP contribution >= 0.6 is 0 Å². The molecule has 0 radical (unpaired) electrons. The van der Waals surface area contributed by atoms with Crippen molar-refractivity contribution in [3.8, 4) is 0 Å². The molecular formula is C18H25N5O2. The van der Waals surface area contributed by atoms with Crippen molar-refractivity contribution in [3.05, 3.63) is 36.2 Å². The van der Waals surface area contributed by atoms with Gasteiger partial charge in [0.25, 0.3) is 5.91 Å². The zero-order valence-electron chi connectivity index (χ0n) is 14.7. The summed E-state index contributed by atoms with van der Waals surface area (Å²) >= 11 is 0. The summed E-state index contributed by atoms with van der Waals surface area (Å²) < 4.78 is 9.83. The third kappa shape index (κ3) is 3.46. The van der Waals surface area contributed by atoms with Gasteiger partial charge in [0.15, 0.2) is 0 Å². The van der Waals surface area contributed by atoms with Crippen LogP contribution in [0.25, 0.3) is 0 Å². The molecule has 1 fully saturated rings. The van der Waals surface area contributed by atoms with E-state index in [-0.39, 0.29) is 11.9 Å². The molecule has 0 N–H and O–H groups in total. The lowest BCUT2D eigenvalue weighted by Gasteiger charge is -2.34. The molecule has 25 heavy (non-hydrogen) atoms. The number of imidazole rings is 1. The Morgan fingerprint density at radius 1 is 1.28 bits per heavy atom. The number of carbonyl (C=O) groups excluding carboxylic acids is 1. The molecule has 2 aliphatic rings. The summed E-state index contributed by atoms with van der Waals surface area (Å²) in [5.41, 5.74) is 1.68. The van der Waals surface area contributed by atoms with E-state index in [4.69, 9.17) is 4.74 Å². The number of carbonyl (C=O) groups is 1. The van der Waals surface area contributed by atoms with E-state index in [0.717, 1.165) is 12.3 Å². The van der Waals surface area contributed by atoms with Crippen molar-refractivity contribution in [1.82, 2.24) is 24.2 Å². The highest BCUT2D eigenvalue weighted by molar-refractivity contribution is 5.93. The maximum Gasteiger partial charge on any atom is 0.257 e. The standard InChI is InChI=1S/C18H25N5O2/c1-21-8-15(6-20-21)18(24)22-9-16-7-19-13-23(16)17(10-22)12-25-11-14-4-2-3-5-14/h6-8,13-14,17H,2-5,9-12H2,1H3. The molecule has 0 bridgehead atoms. The Morgan fingerprint density at radius 3 is 2.88 bits per heavy atom. The molecule has 4 rings (SSSR count). The Balaban J connectivity index is 1.42. The Labute approximate surface area is 147 Å². The summed E-state index contributed by atoms with van der Waals surface area (Å²) in [5, 5.41) is 4.11. The molecule has 1 unspecified atom stereocenters. The Kier molecular flexibility index (Phi) is 4.57. The zero-order valence-corrected chi connectivity index (χ0v) is 14.7. The number of aryl methyl sites for hydroxylation is 1. The van der Waals surface area contributed by atoms with Gasteiger partial charge in [-0.1, -0.05) is 12.8 Å². The third-order valence-electron chi connectivity index (χ3n) is 5.30. The summed E-state index contributed by atoms with van der Waals surface area (Å²) in [6.45, 7) is 2.67. The van der Waals surface area contributed by atoms with Gasteiger partial charge in [0.2, 0.25) is 0 Å². The molecule has 0 spiro atoms. The van der Waals surface area contributed by atoms with Gasteiger partial charge in [0.05, 0.1) is 43.0 Å². The van der Waals surface area contributed by atoms with Crippen LogP contribution < -0.4 is 0 Å². The van der Waals surface area contributed by atoms with Crippen LogP contribution in [0.3, 0.4) is 0 Å². The normalized spacial score (nSPS) is 20.8. The van der Waals surface area contributed by atoms with Crippen molar-refractivity contribution in [2.75, 3.05) is 19.8 Å². The lowest BCUT2D eigenvalue weighted by molar-refractivity contribution is 0.0434. The summed E-state index contributed by atoms with van der Waals surface area (Å²) in [6.07, 6.45) is 12.3. The number of nitrogens with zero attached hydrogens (tertiary/aromatic N) is 5. The van der Waals surface area contributed by atoms with Crippen molar-refractivity contribution in [2.24, 2.45) is 13.0 Å². The van der Waals surface area contributed by atoms with E-state index in [1.165, 1.54) is 25.7 Å². The molecule has 1 amide bonds. The summed E-state index contributed by atoms with van der Waals surface area (Å²) in [4.78, 5) is 18.9. The van der Waals surface area contributed by atoms with Crippen LogP contribution in [0.5, 0.6) is 0 Å². The average molecular weight is 343 g/mol. The van der Waals surface area contributed by atoms with Crippen molar-refractivity contribution < 1.29 is 9.53 Å². The minimum Gasteiger partial charge on any atom is -0.379 e. The molecule has 0 aromatic carbocycles. The Hall–Kier alpha value is -2.15. The van der Waals surface area contributed by atoms with Crippen molar-refractivity contribution >= 4 is 5.91 Å². The highest BCUT2D eigenvalue weighted by Crippen LogP contribution is 2.26. The van der Waals surface area contributed by atoms with Gasteiger partial charge in [0.1, 0.15) is 0 Å². The van der Waals surface area contributed by atoms with Crippen molar-refractivity contribution in [2.45, 2.75) is 38.3 Å². The van der Waals surface area contributed by atoms with Gasteiger partial charge in [-0.25, -0.2) is 4.98 Å². The van der Waals surface area contributed by atoms with E-state index in [0.29, 0.717) is 31.2 Å². The number of aromatic nitrogens is 4. The van der Waals surface area contributed by atoms with E-state index in [1.807, 2.05) is 24.5 Å². The monoisotopic (exact) mass is 343 g/mol. The SMILES string of the molecule is Cn1cc(C(=O)N2Cc3cncn3C(COCC3CCCC3)C2)cn1. The number of hydrogen-bond donors (Lipinski definition) is 0. The molecule has 0 saturated heterocycles. The van der Waals surface area contributed by atoms with Crippen LogP contribution in [0, 0.1) is 5.92 Å². The maximum absolute atomic E-state index is 12.8. The minimum absolute atomic E-state index is 0.0151. The molecule has 7 nitrogen and oxygen atoms in total. The number of ether oxygens (including phenoxy) is 1. The zero-order chi connectivity index (χ0) is 17.2. The molecule has 1 atom stereocenters. The smallest absolute Gasteiger partial charge is 0.257 e. The lowest BCUT2D eigenvalue weighted by atomic mass is 10.1. The van der Waals surface area contributed by atoms with Crippen LogP contribution in [0.2, 0.25) is 0 Å². The van der Waals surface area contributed by atoms with Gasteiger partial charge >= 0.3 is 0 Å². The lowest BCUT2D eigenvalue weighted by Crippen LogP contribution is -2.42. The minimum atomic E-state index is 0.0151. The summed E-state index contributed by atoms with van der Waals surface area (Å²) in [5.74, 6) is 0.723. The Bertz CT molecular complexity index is 731. The van der Waals surface area contributed by atoms with Crippen LogP contribution in [0.4, 0.5) is 0 Å². The highest BCUT2D eigenvalue weighted by Gasteiger charge is 2.29. The third-order valence-corrected chi connectivity index (χ3v) is 5.30. The fraction of sp³-hybridized carbons (Fsp3) is 0.611. The molecular weight excluding hydrogens is 318 g/mol. The first kappa shape index (κ1) is 16.3. The van der Waals surface area contributed by atoms with E-state index >= 15 is 0 Å². The van der Waals surface area contributed by atoms with Crippen molar-refractivity contribution in [3.63, 3.8) is 0 Å². The predicted molar refractivity (Wildman–Crippen MR) is 92.0 cm³/mol. The van der Waals surface area contributed by atoms with E-state index in [2.05, 4.69) is 14.6 Å².